The summed E-state index contributed by atoms with van der Waals surface area (Å²) in [7, 11) is 0. The molecule has 0 unspecified atom stereocenters. The van der Waals surface area contributed by atoms with Gasteiger partial charge in [0.2, 0.25) is 0 Å². The van der Waals surface area contributed by atoms with E-state index in [0.29, 0.717) is 5.69 Å². The lowest BCUT2D eigenvalue weighted by Crippen LogP contribution is -1.96. The molecule has 47 valence electrons. The van der Waals surface area contributed by atoms with Crippen molar-refractivity contribution in [1.82, 2.24) is 10.2 Å². The summed E-state index contributed by atoms with van der Waals surface area (Å²) in [6, 6.07) is 0. The van der Waals surface area contributed by atoms with Gasteiger partial charge in [0.25, 0.3) is 0 Å². The van der Waals surface area contributed by atoms with Gasteiger partial charge in [0.05, 0.1) is 11.4 Å². The molecule has 0 aromatic carbocycles. The molecule has 3 heteroatoms. The van der Waals surface area contributed by atoms with Crippen molar-refractivity contribution in [3.63, 3.8) is 0 Å². The molecule has 1 rings (SSSR count). The van der Waals surface area contributed by atoms with E-state index < -0.39 is 0 Å². The van der Waals surface area contributed by atoms with Gasteiger partial charge in [-0.2, -0.15) is 5.10 Å². The van der Waals surface area contributed by atoms with Crippen molar-refractivity contribution in [2.75, 3.05) is 5.73 Å². The summed E-state index contributed by atoms with van der Waals surface area (Å²) >= 11 is 0. The smallest absolute Gasteiger partial charge is 0.139 e. The summed E-state index contributed by atoms with van der Waals surface area (Å²) < 4.78 is 0. The third kappa shape index (κ3) is 0.988. The van der Waals surface area contributed by atoms with Gasteiger partial charge in [-0.1, -0.05) is 0 Å². The van der Waals surface area contributed by atoms with Crippen LogP contribution < -0.4 is 5.73 Å². The van der Waals surface area contributed by atoms with E-state index in [-0.39, 0.29) is 0 Å². The molecule has 2 N–H and O–H groups in total. The van der Waals surface area contributed by atoms with Crippen LogP contribution in [0.1, 0.15) is 11.3 Å². The zero-order valence-corrected chi connectivity index (χ0v) is 5.47. The summed E-state index contributed by atoms with van der Waals surface area (Å²) in [6.07, 6.45) is 2.56. The molecular weight excluding hydrogens is 114 g/mol. The van der Waals surface area contributed by atoms with Gasteiger partial charge in [0, 0.05) is 0 Å². The fourth-order valence-electron chi connectivity index (χ4n) is 0.508. The van der Waals surface area contributed by atoms with E-state index in [0.717, 1.165) is 11.3 Å². The van der Waals surface area contributed by atoms with E-state index in [1.54, 1.807) is 0 Å². The fraction of sp³-hybridized carbons (Fsp3) is 0.333. The van der Waals surface area contributed by atoms with Gasteiger partial charge < -0.3 is 5.73 Å². The average Bonchev–Trinajstić information content (AvgIpc) is 1.83. The van der Waals surface area contributed by atoms with Crippen molar-refractivity contribution in [3.05, 3.63) is 17.5 Å². The average molecular weight is 122 g/mol. The first-order valence-corrected chi connectivity index (χ1v) is 2.69. The number of nitrogens with two attached hydrogens (primary N) is 1. The topological polar surface area (TPSA) is 51.8 Å². The maximum atomic E-state index is 5.46. The van der Waals surface area contributed by atoms with Crippen LogP contribution in [-0.2, 0) is 0 Å². The molecule has 0 bridgehead atoms. The second-order valence-electron chi connectivity index (χ2n) is 1.94. The van der Waals surface area contributed by atoms with Crippen LogP contribution in [0.4, 0.5) is 5.69 Å². The van der Waals surface area contributed by atoms with Crippen molar-refractivity contribution in [2.24, 2.45) is 0 Å². The Labute approximate surface area is 53.9 Å². The van der Waals surface area contributed by atoms with Crippen molar-refractivity contribution < 1.29 is 0 Å². The Hall–Kier alpha value is -1.12. The van der Waals surface area contributed by atoms with Crippen LogP contribution in [0.5, 0.6) is 0 Å². The van der Waals surface area contributed by atoms with Crippen LogP contribution in [0.2, 0.25) is 0 Å². The molecule has 0 amide bonds. The number of aromatic nitrogens is 2. The first-order valence-electron chi connectivity index (χ1n) is 2.69. The van der Waals surface area contributed by atoms with E-state index in [4.69, 9.17) is 5.73 Å². The van der Waals surface area contributed by atoms with E-state index in [9.17, 15) is 0 Å². The molecule has 0 aliphatic heterocycles. The van der Waals surface area contributed by atoms with Crippen molar-refractivity contribution in [1.29, 1.82) is 0 Å². The summed E-state index contributed by atoms with van der Waals surface area (Å²) in [4.78, 5) is 0. The number of anilines is 1. The highest BCUT2D eigenvalue weighted by molar-refractivity contribution is 5.43. The summed E-state index contributed by atoms with van der Waals surface area (Å²) in [5.41, 5.74) is 7.88. The maximum Gasteiger partial charge on any atom is 0.139 e. The SMILES string of the molecule is Cc1nn[c]c(N)c1C. The molecule has 1 radical (unpaired) electrons. The molecule has 0 saturated heterocycles. The molecule has 9 heavy (non-hydrogen) atoms. The lowest BCUT2D eigenvalue weighted by atomic mass is 10.2. The Balaban J connectivity index is 3.25. The fourth-order valence-corrected chi connectivity index (χ4v) is 0.508. The standard InChI is InChI=1S/C6H8N3/c1-4-5(2)9-8-3-6(4)7/h1-2H3,(H2,7,9). The normalized spacial score (nSPS) is 9.56. The van der Waals surface area contributed by atoms with Crippen LogP contribution in [0.25, 0.3) is 0 Å². The minimum atomic E-state index is 0.586. The Bertz CT molecular complexity index is 199. The highest BCUT2D eigenvalue weighted by Gasteiger charge is 1.96. The Morgan fingerprint density at radius 1 is 1.44 bits per heavy atom. The molecule has 1 aromatic heterocycles. The number of aryl methyl sites for hydroxylation is 1. The zero-order valence-electron chi connectivity index (χ0n) is 5.47. The third-order valence-corrected chi connectivity index (χ3v) is 1.32. The van der Waals surface area contributed by atoms with Gasteiger partial charge in [-0.15, -0.1) is 5.10 Å². The molecule has 0 fully saturated rings. The predicted molar refractivity (Wildman–Crippen MR) is 34.8 cm³/mol. The molecule has 0 aliphatic carbocycles. The molecule has 0 saturated carbocycles. The number of nitrogens with zero attached hydrogens (tertiary/aromatic N) is 2. The maximum absolute atomic E-state index is 5.46. The van der Waals surface area contributed by atoms with Gasteiger partial charge in [0.1, 0.15) is 6.20 Å². The van der Waals surface area contributed by atoms with E-state index in [1.807, 2.05) is 13.8 Å². The molecule has 0 atom stereocenters. The summed E-state index contributed by atoms with van der Waals surface area (Å²) in [6.45, 7) is 3.77. The van der Waals surface area contributed by atoms with Gasteiger partial charge in [-0.3, -0.25) is 0 Å². The largest absolute Gasteiger partial charge is 0.397 e. The second-order valence-corrected chi connectivity index (χ2v) is 1.94. The van der Waals surface area contributed by atoms with Crippen LogP contribution in [0.3, 0.4) is 0 Å². The lowest BCUT2D eigenvalue weighted by molar-refractivity contribution is 0.959. The third-order valence-electron chi connectivity index (χ3n) is 1.32. The number of rotatable bonds is 0. The lowest BCUT2D eigenvalue weighted by Gasteiger charge is -1.97. The minimum Gasteiger partial charge on any atom is -0.397 e. The Morgan fingerprint density at radius 3 is 2.56 bits per heavy atom. The highest BCUT2D eigenvalue weighted by Crippen LogP contribution is 2.07. The van der Waals surface area contributed by atoms with Crippen LogP contribution in [0.15, 0.2) is 0 Å². The first-order chi connectivity index (χ1) is 4.22. The van der Waals surface area contributed by atoms with Gasteiger partial charge >= 0.3 is 0 Å². The molecular formula is C6H8N3. The Kier molecular flexibility index (Phi) is 1.34. The van der Waals surface area contributed by atoms with Gasteiger partial charge in [0.15, 0.2) is 0 Å². The molecule has 1 heterocycles. The van der Waals surface area contributed by atoms with Gasteiger partial charge in [-0.25, -0.2) is 0 Å². The van der Waals surface area contributed by atoms with Gasteiger partial charge in [-0.05, 0) is 19.4 Å². The number of nitrogen functional groups attached to an aromatic ring is 1. The van der Waals surface area contributed by atoms with Crippen molar-refractivity contribution in [3.8, 4) is 0 Å². The molecule has 1 aromatic rings. The predicted octanol–water partition coefficient (Wildman–Crippen LogP) is 0.476. The van der Waals surface area contributed by atoms with Crippen molar-refractivity contribution >= 4 is 5.69 Å². The first kappa shape index (κ1) is 6.01. The van der Waals surface area contributed by atoms with Crippen LogP contribution in [-0.4, -0.2) is 10.2 Å². The number of hydrogen-bond donors (Lipinski definition) is 1. The van der Waals surface area contributed by atoms with Crippen LogP contribution >= 0.6 is 0 Å². The molecule has 3 nitrogen and oxygen atoms in total. The minimum absolute atomic E-state index is 0.586. The quantitative estimate of drug-likeness (QED) is 0.544. The van der Waals surface area contributed by atoms with Crippen LogP contribution in [0, 0.1) is 20.0 Å². The van der Waals surface area contributed by atoms with Crippen molar-refractivity contribution in [2.45, 2.75) is 13.8 Å². The van der Waals surface area contributed by atoms with E-state index in [1.165, 1.54) is 0 Å². The molecule has 0 aliphatic rings. The monoisotopic (exact) mass is 122 g/mol. The van der Waals surface area contributed by atoms with E-state index in [2.05, 4.69) is 16.4 Å². The van der Waals surface area contributed by atoms with E-state index >= 15 is 0 Å². The molecule has 0 spiro atoms. The zero-order chi connectivity index (χ0) is 6.85. The number of hydrogen-bond acceptors (Lipinski definition) is 3. The highest BCUT2D eigenvalue weighted by atomic mass is 15.1. The summed E-state index contributed by atoms with van der Waals surface area (Å²) in [5, 5.41) is 7.30. The summed E-state index contributed by atoms with van der Waals surface area (Å²) in [5.74, 6) is 0. The second kappa shape index (κ2) is 2.01. The Morgan fingerprint density at radius 2 is 2.11 bits per heavy atom.